The van der Waals surface area contributed by atoms with E-state index >= 15 is 0 Å². The SMILES string of the molecule is CCN(CC)c1ccc2nc3c4ccccc4/c(=N\CCCCCCNC(=O)Cc4c(C)n(C(=O)c5ccc(Cl)cc5)c5ccc(OC)cc45)cc-3sc2c1. The summed E-state index contributed by atoms with van der Waals surface area (Å²) in [6.45, 7) is 9.52. The van der Waals surface area contributed by atoms with Crippen LogP contribution in [0.1, 0.15) is 61.1 Å². The van der Waals surface area contributed by atoms with E-state index in [0.717, 1.165) is 99.7 Å². The van der Waals surface area contributed by atoms with Gasteiger partial charge in [-0.1, -0.05) is 48.7 Å². The van der Waals surface area contributed by atoms with Crippen LogP contribution in [0.3, 0.4) is 0 Å². The van der Waals surface area contributed by atoms with E-state index in [1.807, 2.05) is 25.1 Å². The highest BCUT2D eigenvalue weighted by Gasteiger charge is 2.22. The number of fused-ring (bicyclic) bond motifs is 5. The predicted molar refractivity (Wildman–Crippen MR) is 227 cm³/mol. The van der Waals surface area contributed by atoms with E-state index in [-0.39, 0.29) is 18.2 Å². The van der Waals surface area contributed by atoms with Crippen LogP contribution in [0.25, 0.3) is 42.5 Å². The van der Waals surface area contributed by atoms with Gasteiger partial charge in [-0.25, -0.2) is 4.98 Å². The van der Waals surface area contributed by atoms with Gasteiger partial charge in [-0.05, 0) is 106 Å². The number of methoxy groups -OCH3 is 1. The molecule has 0 bridgehead atoms. The van der Waals surface area contributed by atoms with Crippen LogP contribution in [0.5, 0.6) is 5.75 Å². The first-order valence-electron chi connectivity index (χ1n) is 19.1. The van der Waals surface area contributed by atoms with E-state index in [0.29, 0.717) is 22.9 Å². The molecule has 1 N–H and O–H groups in total. The quantitative estimate of drug-likeness (QED) is 0.0676. The van der Waals surface area contributed by atoms with Crippen molar-refractivity contribution in [3.8, 4) is 16.3 Å². The number of nitrogens with zero attached hydrogens (tertiary/aromatic N) is 4. The van der Waals surface area contributed by atoms with Gasteiger partial charge in [0.2, 0.25) is 5.91 Å². The number of anilines is 1. The zero-order valence-electron chi connectivity index (χ0n) is 31.8. The lowest BCUT2D eigenvalue weighted by atomic mass is 10.1. The van der Waals surface area contributed by atoms with Crippen molar-refractivity contribution in [1.29, 1.82) is 0 Å². The molecule has 8 nitrogen and oxygen atoms in total. The highest BCUT2D eigenvalue weighted by Crippen LogP contribution is 2.36. The van der Waals surface area contributed by atoms with Crippen LogP contribution in [0, 0.1) is 6.92 Å². The lowest BCUT2D eigenvalue weighted by molar-refractivity contribution is -0.120. The Morgan fingerprint density at radius 1 is 0.891 bits per heavy atom. The smallest absolute Gasteiger partial charge is 0.262 e. The number of benzene rings is 5. The van der Waals surface area contributed by atoms with Crippen molar-refractivity contribution in [2.75, 3.05) is 38.2 Å². The zero-order chi connectivity index (χ0) is 38.5. The van der Waals surface area contributed by atoms with Crippen molar-refractivity contribution in [3.05, 3.63) is 118 Å². The van der Waals surface area contributed by atoms with Crippen LogP contribution in [-0.2, 0) is 11.2 Å². The van der Waals surface area contributed by atoms with Gasteiger partial charge in [0.1, 0.15) is 5.75 Å². The molecule has 1 amide bonds. The Kier molecular flexibility index (Phi) is 11.8. The molecule has 2 heterocycles. The van der Waals surface area contributed by atoms with Gasteiger partial charge in [0.25, 0.3) is 5.91 Å². The van der Waals surface area contributed by atoms with Gasteiger partial charge in [0, 0.05) is 64.3 Å². The maximum atomic E-state index is 13.6. The van der Waals surface area contributed by atoms with Crippen molar-refractivity contribution in [2.24, 2.45) is 4.99 Å². The minimum Gasteiger partial charge on any atom is -0.497 e. The molecule has 55 heavy (non-hydrogen) atoms. The van der Waals surface area contributed by atoms with Crippen LogP contribution in [0.2, 0.25) is 5.02 Å². The lowest BCUT2D eigenvalue weighted by Gasteiger charge is -2.21. The van der Waals surface area contributed by atoms with E-state index in [1.165, 1.54) is 10.4 Å². The topological polar surface area (TPSA) is 88.8 Å². The summed E-state index contributed by atoms with van der Waals surface area (Å²) in [5.41, 5.74) is 6.07. The molecule has 0 radical (unpaired) electrons. The van der Waals surface area contributed by atoms with Crippen LogP contribution in [0.4, 0.5) is 5.69 Å². The summed E-state index contributed by atoms with van der Waals surface area (Å²) in [5, 5.41) is 7.76. The molecule has 0 fully saturated rings. The fraction of sp³-hybridized carbons (Fsp3) is 0.289. The van der Waals surface area contributed by atoms with Gasteiger partial charge >= 0.3 is 0 Å². The molecule has 1 aromatic heterocycles. The average Bonchev–Trinajstić information content (AvgIpc) is 3.47. The minimum absolute atomic E-state index is 0.0743. The van der Waals surface area contributed by atoms with Crippen molar-refractivity contribution in [3.63, 3.8) is 0 Å². The third kappa shape index (κ3) is 8.09. The highest BCUT2D eigenvalue weighted by atomic mass is 35.5. The predicted octanol–water partition coefficient (Wildman–Crippen LogP) is 9.83. The van der Waals surface area contributed by atoms with E-state index in [9.17, 15) is 9.59 Å². The molecule has 0 saturated carbocycles. The number of aromatic nitrogens is 2. The van der Waals surface area contributed by atoms with E-state index in [4.69, 9.17) is 26.3 Å². The fourth-order valence-corrected chi connectivity index (χ4v) is 8.56. The third-order valence-electron chi connectivity index (χ3n) is 10.3. The van der Waals surface area contributed by atoms with Crippen molar-refractivity contribution in [1.82, 2.24) is 14.9 Å². The monoisotopic (exact) mass is 771 g/mol. The molecular weight excluding hydrogens is 726 g/mol. The number of unbranched alkanes of at least 4 members (excludes halogenated alkanes) is 3. The number of carbonyl (C=O) groups excluding carboxylic acids is 2. The summed E-state index contributed by atoms with van der Waals surface area (Å²) < 4.78 is 8.33. The maximum Gasteiger partial charge on any atom is 0.262 e. The van der Waals surface area contributed by atoms with Crippen LogP contribution >= 0.6 is 22.9 Å². The molecule has 7 rings (SSSR count). The Labute approximate surface area is 330 Å². The Morgan fingerprint density at radius 2 is 1.65 bits per heavy atom. The van der Waals surface area contributed by atoms with Gasteiger partial charge in [-0.2, -0.15) is 0 Å². The summed E-state index contributed by atoms with van der Waals surface area (Å²) in [7, 11) is 1.61. The Bertz CT molecular complexity index is 2540. The Morgan fingerprint density at radius 3 is 2.42 bits per heavy atom. The fourth-order valence-electron chi connectivity index (χ4n) is 7.38. The lowest BCUT2D eigenvalue weighted by Crippen LogP contribution is -2.26. The van der Waals surface area contributed by atoms with Crippen LogP contribution in [-0.4, -0.2) is 54.7 Å². The number of nitrogens with one attached hydrogen (secondary N) is 1. The maximum absolute atomic E-state index is 13.6. The van der Waals surface area contributed by atoms with E-state index in [1.54, 1.807) is 47.3 Å². The second kappa shape index (κ2) is 17.0. The summed E-state index contributed by atoms with van der Waals surface area (Å²) in [6, 6.07) is 29.7. The molecule has 1 aliphatic heterocycles. The molecule has 0 saturated heterocycles. The number of amides is 1. The van der Waals surface area contributed by atoms with Crippen LogP contribution < -0.4 is 20.3 Å². The molecule has 282 valence electrons. The second-order valence-corrected chi connectivity index (χ2v) is 15.3. The zero-order valence-corrected chi connectivity index (χ0v) is 33.4. The first-order chi connectivity index (χ1) is 26.8. The average molecular weight is 772 g/mol. The molecular formula is C45H46ClN5O3S. The number of carbonyl (C=O) groups is 2. The van der Waals surface area contributed by atoms with Crippen molar-refractivity contribution in [2.45, 2.75) is 52.9 Å². The first kappa shape index (κ1) is 38.0. The van der Waals surface area contributed by atoms with Gasteiger partial charge < -0.3 is 15.0 Å². The second-order valence-electron chi connectivity index (χ2n) is 13.7. The van der Waals surface area contributed by atoms with Gasteiger partial charge in [0.05, 0.1) is 45.2 Å². The largest absolute Gasteiger partial charge is 0.497 e. The molecule has 0 unspecified atom stereocenters. The van der Waals surface area contributed by atoms with Crippen molar-refractivity contribution >= 4 is 72.3 Å². The number of hydrogen-bond acceptors (Lipinski definition) is 7. The Balaban J connectivity index is 0.970. The Hall–Kier alpha value is -5.25. The molecule has 4 aromatic carbocycles. The first-order valence-corrected chi connectivity index (χ1v) is 20.3. The van der Waals surface area contributed by atoms with Crippen molar-refractivity contribution < 1.29 is 14.3 Å². The van der Waals surface area contributed by atoms with Gasteiger partial charge in [-0.3, -0.25) is 19.1 Å². The number of halogens is 1. The number of hydrogen-bond donors (Lipinski definition) is 1. The summed E-state index contributed by atoms with van der Waals surface area (Å²) >= 11 is 7.85. The molecule has 1 aliphatic carbocycles. The van der Waals surface area contributed by atoms with E-state index in [2.05, 4.69) is 72.6 Å². The molecule has 2 aliphatic rings. The van der Waals surface area contributed by atoms with Crippen LogP contribution in [0.15, 0.2) is 96.0 Å². The van der Waals surface area contributed by atoms with Gasteiger partial charge in [-0.15, -0.1) is 11.3 Å². The molecule has 5 aromatic rings. The van der Waals surface area contributed by atoms with Gasteiger partial charge in [0.15, 0.2) is 0 Å². The molecule has 0 spiro atoms. The summed E-state index contributed by atoms with van der Waals surface area (Å²) in [4.78, 5) is 40.5. The number of rotatable bonds is 14. The minimum atomic E-state index is -0.174. The van der Waals surface area contributed by atoms with E-state index < -0.39 is 0 Å². The summed E-state index contributed by atoms with van der Waals surface area (Å²) in [5.74, 6) is 0.420. The molecule has 0 atom stereocenters. The summed E-state index contributed by atoms with van der Waals surface area (Å²) in [6.07, 6.45) is 4.02. The third-order valence-corrected chi connectivity index (χ3v) is 11.7. The number of ether oxygens (including phenoxy) is 1. The standard InChI is InChI=1S/C45H46ClN5O3S/c1-5-50(6-2)32-19-21-38-41(25-32)55-42-28-39(34-13-9-10-14-35(34)44(42)49-38)47-23-11-7-8-12-24-48-43(52)27-36-29(3)51(40-22-20-33(54-4)26-37(36)40)45(53)30-15-17-31(46)18-16-30/h9-10,13-22,25-26,28H,5-8,11-12,23-24,27H2,1-4H3,(H,48,52)/b47-39-. The molecule has 10 heteroatoms. The highest BCUT2D eigenvalue weighted by molar-refractivity contribution is 7.21. The normalized spacial score (nSPS) is 11.9.